The second kappa shape index (κ2) is 8.60. The number of nitrogens with zero attached hydrogens (tertiary/aromatic N) is 2. The summed E-state index contributed by atoms with van der Waals surface area (Å²) >= 11 is 0. The molecule has 4 rings (SSSR count). The Morgan fingerprint density at radius 2 is 1.72 bits per heavy atom. The van der Waals surface area contributed by atoms with Crippen molar-refractivity contribution in [3.63, 3.8) is 0 Å². The molecule has 0 aliphatic heterocycles. The highest BCUT2D eigenvalue weighted by molar-refractivity contribution is 7.91. The summed E-state index contributed by atoms with van der Waals surface area (Å²) in [6.45, 7) is 0.246. The van der Waals surface area contributed by atoms with Gasteiger partial charge in [-0.2, -0.15) is 4.98 Å². The number of rotatable bonds is 7. The molecule has 0 fully saturated rings. The summed E-state index contributed by atoms with van der Waals surface area (Å²) in [6, 6.07) is 19.1. The molecular formula is C22H16FN3O5S. The van der Waals surface area contributed by atoms with Gasteiger partial charge in [0.25, 0.3) is 5.69 Å². The van der Waals surface area contributed by atoms with Crippen LogP contribution in [0.4, 0.5) is 16.0 Å². The first-order valence-corrected chi connectivity index (χ1v) is 10.9. The Balaban J connectivity index is 1.78. The number of aromatic nitrogens is 1. The lowest BCUT2D eigenvalue weighted by Crippen LogP contribution is -2.07. The van der Waals surface area contributed by atoms with E-state index in [1.165, 1.54) is 24.3 Å². The normalized spacial score (nSPS) is 11.3. The predicted octanol–water partition coefficient (Wildman–Crippen LogP) is 4.83. The van der Waals surface area contributed by atoms with Crippen molar-refractivity contribution >= 4 is 21.4 Å². The standard InChI is InChI=1S/C22H16FN3O5S/c23-17-9-11-19(12-10-17)32(29,30)22-21(24-14-15-5-2-1-3-6-15)31-20(25-22)16-7-4-8-18(13-16)26(27)28/h1-13,24H,14H2. The van der Waals surface area contributed by atoms with Gasteiger partial charge < -0.3 is 9.73 Å². The summed E-state index contributed by atoms with van der Waals surface area (Å²) in [4.78, 5) is 14.5. The van der Waals surface area contributed by atoms with E-state index in [0.29, 0.717) is 0 Å². The fraction of sp³-hybridized carbons (Fsp3) is 0.0455. The Hall–Kier alpha value is -4.05. The molecule has 162 valence electrons. The summed E-state index contributed by atoms with van der Waals surface area (Å²) < 4.78 is 45.4. The van der Waals surface area contributed by atoms with Crippen LogP contribution in [0.15, 0.2) is 93.2 Å². The van der Waals surface area contributed by atoms with Crippen molar-refractivity contribution in [3.05, 3.63) is 100 Å². The van der Waals surface area contributed by atoms with Crippen molar-refractivity contribution in [2.45, 2.75) is 16.5 Å². The topological polar surface area (TPSA) is 115 Å². The third-order valence-corrected chi connectivity index (χ3v) is 6.25. The number of nitro benzene ring substituents is 1. The van der Waals surface area contributed by atoms with E-state index in [9.17, 15) is 22.9 Å². The highest BCUT2D eigenvalue weighted by Gasteiger charge is 2.29. The molecule has 0 amide bonds. The van der Waals surface area contributed by atoms with Gasteiger partial charge in [0.15, 0.2) is 0 Å². The maximum atomic E-state index is 13.3. The van der Waals surface area contributed by atoms with Gasteiger partial charge in [0.1, 0.15) is 5.82 Å². The van der Waals surface area contributed by atoms with Crippen molar-refractivity contribution in [1.29, 1.82) is 0 Å². The van der Waals surface area contributed by atoms with Crippen molar-refractivity contribution < 1.29 is 22.1 Å². The van der Waals surface area contributed by atoms with Gasteiger partial charge in [-0.3, -0.25) is 10.1 Å². The zero-order chi connectivity index (χ0) is 22.7. The molecule has 0 spiro atoms. The number of halogens is 1. The maximum absolute atomic E-state index is 13.3. The van der Waals surface area contributed by atoms with Crippen molar-refractivity contribution in [3.8, 4) is 11.5 Å². The summed E-state index contributed by atoms with van der Waals surface area (Å²) in [7, 11) is -4.17. The Kier molecular flexibility index (Phi) is 5.69. The number of benzene rings is 3. The average molecular weight is 453 g/mol. The van der Waals surface area contributed by atoms with Crippen LogP contribution in [0.2, 0.25) is 0 Å². The van der Waals surface area contributed by atoms with E-state index < -0.39 is 25.6 Å². The summed E-state index contributed by atoms with van der Waals surface area (Å²) in [6.07, 6.45) is 0. The first kappa shape index (κ1) is 21.2. The lowest BCUT2D eigenvalue weighted by atomic mass is 10.2. The fourth-order valence-corrected chi connectivity index (χ4v) is 4.26. The number of hydrogen-bond acceptors (Lipinski definition) is 7. The molecule has 1 N–H and O–H groups in total. The van der Waals surface area contributed by atoms with Gasteiger partial charge in [0.05, 0.1) is 9.82 Å². The Morgan fingerprint density at radius 3 is 2.41 bits per heavy atom. The maximum Gasteiger partial charge on any atom is 0.270 e. The van der Waals surface area contributed by atoms with E-state index in [-0.39, 0.29) is 34.5 Å². The van der Waals surface area contributed by atoms with Gasteiger partial charge in [0, 0.05) is 24.2 Å². The minimum Gasteiger partial charge on any atom is -0.419 e. The molecule has 8 nitrogen and oxygen atoms in total. The molecular weight excluding hydrogens is 437 g/mol. The number of nitro groups is 1. The van der Waals surface area contributed by atoms with Gasteiger partial charge in [-0.15, -0.1) is 0 Å². The highest BCUT2D eigenvalue weighted by Crippen LogP contribution is 2.33. The molecule has 0 unspecified atom stereocenters. The van der Waals surface area contributed by atoms with E-state index in [1.54, 1.807) is 0 Å². The first-order valence-electron chi connectivity index (χ1n) is 9.39. The molecule has 0 saturated heterocycles. The molecule has 0 radical (unpaired) electrons. The second-order valence-corrected chi connectivity index (χ2v) is 8.62. The Morgan fingerprint density at radius 1 is 1.00 bits per heavy atom. The summed E-state index contributed by atoms with van der Waals surface area (Å²) in [5.41, 5.74) is 0.913. The van der Waals surface area contributed by atoms with Crippen LogP contribution in [-0.2, 0) is 16.4 Å². The molecule has 3 aromatic carbocycles. The lowest BCUT2D eigenvalue weighted by Gasteiger charge is -2.06. The molecule has 0 atom stereocenters. The largest absolute Gasteiger partial charge is 0.419 e. The van der Waals surface area contributed by atoms with E-state index in [1.807, 2.05) is 30.3 Å². The smallest absolute Gasteiger partial charge is 0.270 e. The Labute approximate surface area is 182 Å². The van der Waals surface area contributed by atoms with Crippen LogP contribution >= 0.6 is 0 Å². The molecule has 10 heteroatoms. The van der Waals surface area contributed by atoms with Crippen LogP contribution in [0, 0.1) is 15.9 Å². The van der Waals surface area contributed by atoms with E-state index in [0.717, 1.165) is 29.8 Å². The number of oxazole rings is 1. The molecule has 1 aromatic heterocycles. The molecule has 1 heterocycles. The average Bonchev–Trinajstić information content (AvgIpc) is 3.24. The predicted molar refractivity (Wildman–Crippen MR) is 114 cm³/mol. The van der Waals surface area contributed by atoms with Gasteiger partial charge >= 0.3 is 0 Å². The van der Waals surface area contributed by atoms with Crippen LogP contribution in [0.3, 0.4) is 0 Å². The van der Waals surface area contributed by atoms with Crippen LogP contribution in [0.5, 0.6) is 0 Å². The second-order valence-electron chi connectivity index (χ2n) is 6.76. The van der Waals surface area contributed by atoms with E-state index in [2.05, 4.69) is 10.3 Å². The van der Waals surface area contributed by atoms with Crippen LogP contribution in [0.25, 0.3) is 11.5 Å². The number of anilines is 1. The van der Waals surface area contributed by atoms with Crippen molar-refractivity contribution in [1.82, 2.24) is 4.98 Å². The monoisotopic (exact) mass is 453 g/mol. The van der Waals surface area contributed by atoms with Gasteiger partial charge in [0.2, 0.25) is 26.6 Å². The number of hydrogen-bond donors (Lipinski definition) is 1. The fourth-order valence-electron chi connectivity index (χ4n) is 2.98. The molecule has 32 heavy (non-hydrogen) atoms. The zero-order valence-corrected chi connectivity index (χ0v) is 17.3. The van der Waals surface area contributed by atoms with Gasteiger partial charge in [-0.05, 0) is 35.9 Å². The minimum absolute atomic E-state index is 0.107. The third-order valence-electron chi connectivity index (χ3n) is 4.57. The third kappa shape index (κ3) is 4.35. The summed E-state index contributed by atoms with van der Waals surface area (Å²) in [5, 5.41) is 13.6. The van der Waals surface area contributed by atoms with Crippen LogP contribution < -0.4 is 5.32 Å². The number of sulfone groups is 1. The van der Waals surface area contributed by atoms with Gasteiger partial charge in [-0.25, -0.2) is 12.8 Å². The van der Waals surface area contributed by atoms with Crippen LogP contribution in [-0.4, -0.2) is 18.3 Å². The molecule has 0 bridgehead atoms. The minimum atomic E-state index is -4.17. The zero-order valence-electron chi connectivity index (χ0n) is 16.4. The molecule has 0 aliphatic carbocycles. The SMILES string of the molecule is O=[N+]([O-])c1cccc(-c2nc(S(=O)(=O)c3ccc(F)cc3)c(NCc3ccccc3)o2)c1. The highest BCUT2D eigenvalue weighted by atomic mass is 32.2. The van der Waals surface area contributed by atoms with E-state index >= 15 is 0 Å². The van der Waals surface area contributed by atoms with E-state index in [4.69, 9.17) is 4.42 Å². The number of nitrogens with one attached hydrogen (secondary N) is 1. The molecule has 4 aromatic rings. The Bertz CT molecular complexity index is 1370. The van der Waals surface area contributed by atoms with Gasteiger partial charge in [-0.1, -0.05) is 36.4 Å². The molecule has 0 saturated carbocycles. The quantitative estimate of drug-likeness (QED) is 0.242. The van der Waals surface area contributed by atoms with Crippen LogP contribution in [0.1, 0.15) is 5.56 Å². The van der Waals surface area contributed by atoms with Crippen molar-refractivity contribution in [2.75, 3.05) is 5.32 Å². The van der Waals surface area contributed by atoms with Crippen molar-refractivity contribution in [2.24, 2.45) is 0 Å². The summed E-state index contributed by atoms with van der Waals surface area (Å²) in [5.74, 6) is -0.812. The molecule has 0 aliphatic rings. The number of non-ortho nitro benzene ring substituents is 1. The first-order chi connectivity index (χ1) is 15.3. The lowest BCUT2D eigenvalue weighted by molar-refractivity contribution is -0.384.